The van der Waals surface area contributed by atoms with Crippen LogP contribution in [0.5, 0.6) is 0 Å². The van der Waals surface area contributed by atoms with E-state index in [4.69, 9.17) is 10.2 Å². The second-order valence-corrected chi connectivity index (χ2v) is 3.18. The van der Waals surface area contributed by atoms with Crippen molar-refractivity contribution in [3.05, 3.63) is 23.8 Å². The third-order valence-corrected chi connectivity index (χ3v) is 2.19. The molecule has 0 aromatic carbocycles. The number of aliphatic hydroxyl groups is 3. The number of hydrogen-bond acceptors (Lipinski definition) is 3. The third kappa shape index (κ3) is 1.58. The first-order valence-corrected chi connectivity index (χ1v) is 3.94. The average Bonchev–Trinajstić information content (AvgIpc) is 2.09. The third-order valence-electron chi connectivity index (χ3n) is 2.19. The molecule has 0 spiro atoms. The molecule has 0 aromatic heterocycles. The Morgan fingerprint density at radius 3 is 2.67 bits per heavy atom. The Kier molecular flexibility index (Phi) is 2.67. The van der Waals surface area contributed by atoms with Crippen molar-refractivity contribution in [3.63, 3.8) is 0 Å². The number of hydrogen-bond donors (Lipinski definition) is 3. The van der Waals surface area contributed by atoms with Crippen LogP contribution in [-0.2, 0) is 0 Å². The Balaban J connectivity index is 2.86. The van der Waals surface area contributed by atoms with Gasteiger partial charge in [0.1, 0.15) is 5.60 Å². The molecule has 0 fully saturated rings. The van der Waals surface area contributed by atoms with Crippen LogP contribution in [0, 0.1) is 5.92 Å². The van der Waals surface area contributed by atoms with Crippen LogP contribution in [0.2, 0.25) is 0 Å². The molecule has 0 saturated carbocycles. The molecule has 1 aliphatic carbocycles. The van der Waals surface area contributed by atoms with E-state index in [0.29, 0.717) is 0 Å². The van der Waals surface area contributed by atoms with Crippen molar-refractivity contribution < 1.29 is 15.3 Å². The summed E-state index contributed by atoms with van der Waals surface area (Å²) >= 11 is 0. The van der Waals surface area contributed by atoms with Gasteiger partial charge in [0.05, 0.1) is 13.2 Å². The fourth-order valence-electron chi connectivity index (χ4n) is 1.30. The summed E-state index contributed by atoms with van der Waals surface area (Å²) in [6, 6.07) is 0. The molecule has 0 amide bonds. The number of aliphatic hydroxyl groups excluding tert-OH is 2. The first kappa shape index (κ1) is 9.45. The van der Waals surface area contributed by atoms with Gasteiger partial charge in [0, 0.05) is 5.92 Å². The molecule has 0 aliphatic heterocycles. The SMILES string of the molecule is CC1=CC(CO)C(O)(CO)C=C1. The molecule has 3 nitrogen and oxygen atoms in total. The summed E-state index contributed by atoms with van der Waals surface area (Å²) in [5.41, 5.74) is -0.291. The van der Waals surface area contributed by atoms with E-state index in [1.54, 1.807) is 12.2 Å². The van der Waals surface area contributed by atoms with Crippen molar-refractivity contribution in [3.8, 4) is 0 Å². The summed E-state index contributed by atoms with van der Waals surface area (Å²) in [4.78, 5) is 0. The van der Waals surface area contributed by atoms with Gasteiger partial charge < -0.3 is 15.3 Å². The van der Waals surface area contributed by atoms with Gasteiger partial charge in [0.15, 0.2) is 0 Å². The highest BCUT2D eigenvalue weighted by molar-refractivity contribution is 5.28. The Morgan fingerprint density at radius 2 is 2.17 bits per heavy atom. The minimum absolute atomic E-state index is 0.154. The standard InChI is InChI=1S/C9H14O3/c1-7-2-3-9(12,6-11)8(4-7)5-10/h2-4,8,10-12H,5-6H2,1H3. The molecule has 12 heavy (non-hydrogen) atoms. The molecule has 1 rings (SSSR count). The Labute approximate surface area is 71.7 Å². The van der Waals surface area contributed by atoms with Crippen molar-refractivity contribution in [2.45, 2.75) is 12.5 Å². The molecular formula is C9H14O3. The van der Waals surface area contributed by atoms with Gasteiger partial charge in [-0.25, -0.2) is 0 Å². The first-order chi connectivity index (χ1) is 5.62. The summed E-state index contributed by atoms with van der Waals surface area (Å²) in [6.45, 7) is 1.37. The van der Waals surface area contributed by atoms with Crippen LogP contribution < -0.4 is 0 Å². The van der Waals surface area contributed by atoms with Gasteiger partial charge in [-0.3, -0.25) is 0 Å². The molecule has 0 bridgehead atoms. The zero-order valence-electron chi connectivity index (χ0n) is 7.07. The molecule has 2 unspecified atom stereocenters. The van der Waals surface area contributed by atoms with E-state index in [0.717, 1.165) is 5.57 Å². The fourth-order valence-corrected chi connectivity index (χ4v) is 1.30. The van der Waals surface area contributed by atoms with Gasteiger partial charge in [-0.15, -0.1) is 0 Å². The van der Waals surface area contributed by atoms with Crippen LogP contribution in [0.3, 0.4) is 0 Å². The Morgan fingerprint density at radius 1 is 1.50 bits per heavy atom. The van der Waals surface area contributed by atoms with Gasteiger partial charge in [0.2, 0.25) is 0 Å². The highest BCUT2D eigenvalue weighted by atomic mass is 16.3. The van der Waals surface area contributed by atoms with Crippen LogP contribution in [-0.4, -0.2) is 34.1 Å². The maximum absolute atomic E-state index is 9.72. The molecule has 0 heterocycles. The zero-order valence-corrected chi connectivity index (χ0v) is 7.07. The molecule has 68 valence electrons. The lowest BCUT2D eigenvalue weighted by atomic mass is 9.83. The van der Waals surface area contributed by atoms with E-state index in [-0.39, 0.29) is 13.2 Å². The average molecular weight is 170 g/mol. The highest BCUT2D eigenvalue weighted by Crippen LogP contribution is 2.26. The normalized spacial score (nSPS) is 35.0. The minimum Gasteiger partial charge on any atom is -0.396 e. The van der Waals surface area contributed by atoms with Crippen molar-refractivity contribution >= 4 is 0 Å². The monoisotopic (exact) mass is 170 g/mol. The molecule has 3 N–H and O–H groups in total. The van der Waals surface area contributed by atoms with Crippen LogP contribution in [0.25, 0.3) is 0 Å². The van der Waals surface area contributed by atoms with Crippen molar-refractivity contribution in [1.82, 2.24) is 0 Å². The lowest BCUT2D eigenvalue weighted by Gasteiger charge is -2.31. The van der Waals surface area contributed by atoms with Gasteiger partial charge >= 0.3 is 0 Å². The number of allylic oxidation sites excluding steroid dienone is 2. The van der Waals surface area contributed by atoms with Gasteiger partial charge in [-0.05, 0) is 13.0 Å². The van der Waals surface area contributed by atoms with Crippen LogP contribution in [0.1, 0.15) is 6.92 Å². The minimum atomic E-state index is -1.28. The van der Waals surface area contributed by atoms with Crippen molar-refractivity contribution in [2.24, 2.45) is 5.92 Å². The van der Waals surface area contributed by atoms with E-state index < -0.39 is 11.5 Å². The Bertz CT molecular complexity index is 220. The second kappa shape index (κ2) is 3.39. The van der Waals surface area contributed by atoms with Crippen LogP contribution in [0.15, 0.2) is 23.8 Å². The van der Waals surface area contributed by atoms with Crippen molar-refractivity contribution in [1.29, 1.82) is 0 Å². The molecule has 0 saturated heterocycles. The number of rotatable bonds is 2. The largest absolute Gasteiger partial charge is 0.396 e. The highest BCUT2D eigenvalue weighted by Gasteiger charge is 2.33. The van der Waals surface area contributed by atoms with Gasteiger partial charge in [-0.2, -0.15) is 0 Å². The second-order valence-electron chi connectivity index (χ2n) is 3.18. The summed E-state index contributed by atoms with van der Waals surface area (Å²) < 4.78 is 0. The Hall–Kier alpha value is -0.640. The molecule has 0 aromatic rings. The van der Waals surface area contributed by atoms with Crippen LogP contribution >= 0.6 is 0 Å². The van der Waals surface area contributed by atoms with E-state index in [1.165, 1.54) is 6.08 Å². The summed E-state index contributed by atoms with van der Waals surface area (Å²) in [6.07, 6.45) is 5.03. The molecule has 0 radical (unpaired) electrons. The molecular weight excluding hydrogens is 156 g/mol. The fraction of sp³-hybridized carbons (Fsp3) is 0.556. The van der Waals surface area contributed by atoms with Gasteiger partial charge in [0.25, 0.3) is 0 Å². The molecule has 2 atom stereocenters. The predicted octanol–water partition coefficient (Wildman–Crippen LogP) is -0.166. The lowest BCUT2D eigenvalue weighted by molar-refractivity contribution is -0.0240. The van der Waals surface area contributed by atoms with Gasteiger partial charge in [-0.1, -0.05) is 17.7 Å². The molecule has 3 heteroatoms. The quantitative estimate of drug-likeness (QED) is 0.539. The summed E-state index contributed by atoms with van der Waals surface area (Å²) in [5.74, 6) is -0.396. The maximum atomic E-state index is 9.72. The maximum Gasteiger partial charge on any atom is 0.114 e. The topological polar surface area (TPSA) is 60.7 Å². The van der Waals surface area contributed by atoms with E-state index in [2.05, 4.69) is 0 Å². The summed E-state index contributed by atoms with van der Waals surface area (Å²) in [7, 11) is 0. The van der Waals surface area contributed by atoms with Crippen molar-refractivity contribution in [2.75, 3.05) is 13.2 Å². The molecule has 1 aliphatic rings. The predicted molar refractivity (Wildman–Crippen MR) is 45.5 cm³/mol. The van der Waals surface area contributed by atoms with E-state index in [1.807, 2.05) is 6.92 Å². The van der Waals surface area contributed by atoms with Crippen LogP contribution in [0.4, 0.5) is 0 Å². The lowest BCUT2D eigenvalue weighted by Crippen LogP contribution is -2.42. The van der Waals surface area contributed by atoms with E-state index >= 15 is 0 Å². The smallest absolute Gasteiger partial charge is 0.114 e. The zero-order chi connectivity index (χ0) is 9.19. The first-order valence-electron chi connectivity index (χ1n) is 3.94. The summed E-state index contributed by atoms with van der Waals surface area (Å²) in [5, 5.41) is 27.5. The van der Waals surface area contributed by atoms with E-state index in [9.17, 15) is 5.11 Å².